The highest BCUT2D eigenvalue weighted by Gasteiger charge is 2.31. The summed E-state index contributed by atoms with van der Waals surface area (Å²) in [6.45, 7) is 7.58. The van der Waals surface area contributed by atoms with Crippen molar-refractivity contribution < 1.29 is 24.2 Å². The van der Waals surface area contributed by atoms with Crippen LogP contribution in [0.5, 0.6) is 0 Å². The van der Waals surface area contributed by atoms with E-state index in [1.807, 2.05) is 32.9 Å². The fourth-order valence-electron chi connectivity index (χ4n) is 2.84. The van der Waals surface area contributed by atoms with Gasteiger partial charge >= 0.3 is 5.97 Å². The van der Waals surface area contributed by atoms with E-state index in [0.29, 0.717) is 12.8 Å². The van der Waals surface area contributed by atoms with Crippen LogP contribution in [0.15, 0.2) is 12.2 Å². The van der Waals surface area contributed by atoms with Crippen LogP contribution in [-0.4, -0.2) is 48.2 Å². The van der Waals surface area contributed by atoms with E-state index in [2.05, 4.69) is 10.6 Å². The molecular formula is C21H36N2O5. The Hall–Kier alpha value is -1.89. The first-order valence-corrected chi connectivity index (χ1v) is 10.1. The molecule has 7 nitrogen and oxygen atoms in total. The van der Waals surface area contributed by atoms with Crippen molar-refractivity contribution in [3.05, 3.63) is 12.2 Å². The predicted molar refractivity (Wildman–Crippen MR) is 107 cm³/mol. The van der Waals surface area contributed by atoms with E-state index in [4.69, 9.17) is 9.84 Å². The van der Waals surface area contributed by atoms with Crippen LogP contribution in [0.1, 0.15) is 66.2 Å². The van der Waals surface area contributed by atoms with Crippen molar-refractivity contribution in [1.82, 2.24) is 10.6 Å². The Morgan fingerprint density at radius 1 is 1.32 bits per heavy atom. The number of aliphatic hydroxyl groups is 1. The number of esters is 1. The van der Waals surface area contributed by atoms with Gasteiger partial charge in [-0.15, -0.1) is 0 Å². The van der Waals surface area contributed by atoms with Gasteiger partial charge in [0, 0.05) is 18.9 Å². The average Bonchev–Trinajstić information content (AvgIpc) is 2.61. The lowest BCUT2D eigenvalue weighted by Crippen LogP contribution is -2.49. The molecule has 1 aliphatic rings. The lowest BCUT2D eigenvalue weighted by Gasteiger charge is -2.32. The van der Waals surface area contributed by atoms with E-state index in [-0.39, 0.29) is 54.9 Å². The maximum absolute atomic E-state index is 12.9. The summed E-state index contributed by atoms with van der Waals surface area (Å²) < 4.78 is 5.38. The third-order valence-electron chi connectivity index (χ3n) is 4.85. The molecule has 3 atom stereocenters. The smallest absolute Gasteiger partial charge is 0.305 e. The summed E-state index contributed by atoms with van der Waals surface area (Å²) in [5, 5.41) is 14.8. The molecule has 7 heteroatoms. The molecule has 0 aromatic heterocycles. The molecule has 160 valence electrons. The van der Waals surface area contributed by atoms with E-state index in [0.717, 1.165) is 19.3 Å². The van der Waals surface area contributed by atoms with Crippen molar-refractivity contribution in [2.24, 2.45) is 11.3 Å². The molecule has 0 bridgehead atoms. The fraction of sp³-hybridized carbons (Fsp3) is 0.762. The summed E-state index contributed by atoms with van der Waals surface area (Å²) >= 11 is 0. The number of carbonyl (C=O) groups excluding carboxylic acids is 3. The lowest BCUT2D eigenvalue weighted by molar-refractivity contribution is -0.146. The summed E-state index contributed by atoms with van der Waals surface area (Å²) in [5.41, 5.74) is -0.305. The summed E-state index contributed by atoms with van der Waals surface area (Å²) in [4.78, 5) is 37.0. The average molecular weight is 397 g/mol. The highest BCUT2D eigenvalue weighted by atomic mass is 16.5. The molecule has 0 saturated carbocycles. The van der Waals surface area contributed by atoms with Gasteiger partial charge in [0.15, 0.2) is 0 Å². The van der Waals surface area contributed by atoms with Gasteiger partial charge in [-0.1, -0.05) is 32.9 Å². The largest absolute Gasteiger partial charge is 0.463 e. The van der Waals surface area contributed by atoms with Crippen LogP contribution in [0.3, 0.4) is 0 Å². The number of ether oxygens (including phenoxy) is 1. The van der Waals surface area contributed by atoms with Gasteiger partial charge in [0.2, 0.25) is 11.8 Å². The number of aliphatic hydroxyl groups excluding tert-OH is 1. The molecule has 1 aliphatic heterocycles. The SMILES string of the molecule is C[C@H](CO)NC(=O)C[C@H]1CC=CCCCCC(=O)OC[C@H](C(C)(C)C)NC1=O. The number of carbonyl (C=O) groups is 3. The first kappa shape index (κ1) is 24.1. The van der Waals surface area contributed by atoms with Gasteiger partial charge in [0.1, 0.15) is 6.61 Å². The molecule has 1 rings (SSSR count). The minimum Gasteiger partial charge on any atom is -0.463 e. The van der Waals surface area contributed by atoms with E-state index < -0.39 is 5.92 Å². The molecule has 0 saturated heterocycles. The quantitative estimate of drug-likeness (QED) is 0.498. The van der Waals surface area contributed by atoms with Crippen molar-refractivity contribution in [1.29, 1.82) is 0 Å². The van der Waals surface area contributed by atoms with Crippen LogP contribution in [0, 0.1) is 11.3 Å². The van der Waals surface area contributed by atoms with Gasteiger partial charge in [-0.2, -0.15) is 0 Å². The third kappa shape index (κ3) is 9.35. The van der Waals surface area contributed by atoms with Crippen LogP contribution >= 0.6 is 0 Å². The highest BCUT2D eigenvalue weighted by Crippen LogP contribution is 2.22. The molecule has 0 radical (unpaired) electrons. The van der Waals surface area contributed by atoms with E-state index in [1.54, 1.807) is 6.92 Å². The molecule has 0 spiro atoms. The maximum Gasteiger partial charge on any atom is 0.305 e. The van der Waals surface area contributed by atoms with Gasteiger partial charge in [-0.05, 0) is 38.0 Å². The zero-order valence-electron chi connectivity index (χ0n) is 17.6. The summed E-state index contributed by atoms with van der Waals surface area (Å²) in [6.07, 6.45) is 7.27. The van der Waals surface area contributed by atoms with Crippen molar-refractivity contribution in [3.63, 3.8) is 0 Å². The Labute approximate surface area is 168 Å². The molecule has 0 unspecified atom stereocenters. The molecular weight excluding hydrogens is 360 g/mol. The molecule has 0 fully saturated rings. The van der Waals surface area contributed by atoms with Crippen LogP contribution in [-0.2, 0) is 19.1 Å². The fourth-order valence-corrected chi connectivity index (χ4v) is 2.84. The van der Waals surface area contributed by atoms with Crippen molar-refractivity contribution in [3.8, 4) is 0 Å². The number of cyclic esters (lactones) is 1. The van der Waals surface area contributed by atoms with Crippen molar-refractivity contribution in [2.75, 3.05) is 13.2 Å². The van der Waals surface area contributed by atoms with Crippen molar-refractivity contribution in [2.45, 2.75) is 78.3 Å². The Bertz CT molecular complexity index is 553. The standard InChI is InChI=1S/C21H36N2O5/c1-15(13-24)22-18(25)12-16-10-8-6-5-7-9-11-19(26)28-14-17(21(2,3)4)23-20(16)27/h6,8,15-17,24H,5,7,9-14H2,1-4H3,(H,22,25)(H,23,27)/t15-,16-,17-/m1/s1. The van der Waals surface area contributed by atoms with Gasteiger partial charge in [0.05, 0.1) is 18.6 Å². The first-order valence-electron chi connectivity index (χ1n) is 10.1. The third-order valence-corrected chi connectivity index (χ3v) is 4.85. The molecule has 0 aliphatic carbocycles. The summed E-state index contributed by atoms with van der Waals surface area (Å²) in [6, 6.07) is -0.704. The summed E-state index contributed by atoms with van der Waals surface area (Å²) in [7, 11) is 0. The Morgan fingerprint density at radius 3 is 2.68 bits per heavy atom. The number of amides is 2. The molecule has 2 amide bonds. The monoisotopic (exact) mass is 396 g/mol. The molecule has 1 heterocycles. The molecule has 0 aromatic carbocycles. The topological polar surface area (TPSA) is 105 Å². The molecule has 3 N–H and O–H groups in total. The number of nitrogens with one attached hydrogen (secondary N) is 2. The van der Waals surface area contributed by atoms with Crippen LogP contribution in [0.4, 0.5) is 0 Å². The van der Waals surface area contributed by atoms with Crippen LogP contribution in [0.2, 0.25) is 0 Å². The Kier molecular flexibility index (Phi) is 10.2. The van der Waals surface area contributed by atoms with E-state index in [1.165, 1.54) is 0 Å². The van der Waals surface area contributed by atoms with Crippen LogP contribution in [0.25, 0.3) is 0 Å². The van der Waals surface area contributed by atoms with Gasteiger partial charge in [0.25, 0.3) is 0 Å². The lowest BCUT2D eigenvalue weighted by atomic mass is 9.86. The normalized spacial score (nSPS) is 23.9. The summed E-state index contributed by atoms with van der Waals surface area (Å²) in [5.74, 6) is -1.27. The van der Waals surface area contributed by atoms with Gasteiger partial charge in [-0.3, -0.25) is 14.4 Å². The van der Waals surface area contributed by atoms with E-state index >= 15 is 0 Å². The zero-order chi connectivity index (χ0) is 21.2. The number of hydrogen-bond acceptors (Lipinski definition) is 5. The second-order valence-corrected chi connectivity index (χ2v) is 8.62. The van der Waals surface area contributed by atoms with Crippen LogP contribution < -0.4 is 10.6 Å². The minimum atomic E-state index is -0.523. The number of hydrogen-bond donors (Lipinski definition) is 3. The Balaban J connectivity index is 2.92. The zero-order valence-corrected chi connectivity index (χ0v) is 17.6. The number of allylic oxidation sites excluding steroid dienone is 2. The Morgan fingerprint density at radius 2 is 2.04 bits per heavy atom. The van der Waals surface area contributed by atoms with Crippen molar-refractivity contribution >= 4 is 17.8 Å². The van der Waals surface area contributed by atoms with E-state index in [9.17, 15) is 14.4 Å². The minimum absolute atomic E-state index is 0.0389. The first-order chi connectivity index (χ1) is 13.1. The second-order valence-electron chi connectivity index (χ2n) is 8.62. The highest BCUT2D eigenvalue weighted by molar-refractivity contribution is 5.86. The predicted octanol–water partition coefficient (Wildman–Crippen LogP) is 2.08. The van der Waals surface area contributed by atoms with Gasteiger partial charge in [-0.25, -0.2) is 0 Å². The molecule has 0 aromatic rings. The second kappa shape index (κ2) is 11.8. The number of rotatable bonds is 4. The molecule has 28 heavy (non-hydrogen) atoms. The van der Waals surface area contributed by atoms with Gasteiger partial charge < -0.3 is 20.5 Å². The maximum atomic E-state index is 12.9.